The van der Waals surface area contributed by atoms with Crippen molar-refractivity contribution in [2.75, 3.05) is 13.1 Å². The molecule has 98 valence electrons. The van der Waals surface area contributed by atoms with Crippen LogP contribution in [0.3, 0.4) is 0 Å². The van der Waals surface area contributed by atoms with E-state index in [1.807, 2.05) is 11.3 Å². The Hall–Kier alpha value is -0.850. The monoisotopic (exact) mass is 262 g/mol. The van der Waals surface area contributed by atoms with Crippen LogP contribution in [0.1, 0.15) is 43.6 Å². The summed E-state index contributed by atoms with van der Waals surface area (Å²) >= 11 is 1.83. The number of aryl methyl sites for hydroxylation is 1. The van der Waals surface area contributed by atoms with Crippen molar-refractivity contribution < 1.29 is 0 Å². The van der Waals surface area contributed by atoms with Gasteiger partial charge in [0.1, 0.15) is 0 Å². The molecule has 1 N–H and O–H groups in total. The van der Waals surface area contributed by atoms with Gasteiger partial charge in [0.15, 0.2) is 0 Å². The van der Waals surface area contributed by atoms with E-state index in [0.29, 0.717) is 0 Å². The fourth-order valence-corrected chi connectivity index (χ4v) is 3.75. The van der Waals surface area contributed by atoms with Gasteiger partial charge in [-0.2, -0.15) is 5.26 Å². The summed E-state index contributed by atoms with van der Waals surface area (Å²) < 4.78 is 0. The van der Waals surface area contributed by atoms with E-state index < -0.39 is 0 Å². The summed E-state index contributed by atoms with van der Waals surface area (Å²) in [6.07, 6.45) is 3.34. The Morgan fingerprint density at radius 2 is 2.22 bits per heavy atom. The molecule has 1 aromatic heterocycles. The lowest BCUT2D eigenvalue weighted by Gasteiger charge is -2.36. The summed E-state index contributed by atoms with van der Waals surface area (Å²) in [7, 11) is 0. The maximum atomic E-state index is 9.21. The molecule has 0 bridgehead atoms. The normalized spacial score (nSPS) is 18.1. The summed E-state index contributed by atoms with van der Waals surface area (Å²) in [5.41, 5.74) is 1.46. The van der Waals surface area contributed by atoms with Gasteiger partial charge in [-0.15, -0.1) is 11.3 Å². The molecule has 1 heterocycles. The molecule has 0 unspecified atom stereocenters. The summed E-state index contributed by atoms with van der Waals surface area (Å²) in [5, 5.41) is 14.9. The van der Waals surface area contributed by atoms with Crippen molar-refractivity contribution in [2.45, 2.75) is 45.4 Å². The highest BCUT2D eigenvalue weighted by molar-refractivity contribution is 7.10. The third kappa shape index (κ3) is 2.60. The molecule has 1 aliphatic rings. The van der Waals surface area contributed by atoms with Crippen LogP contribution in [0.4, 0.5) is 0 Å². The van der Waals surface area contributed by atoms with E-state index in [4.69, 9.17) is 0 Å². The van der Waals surface area contributed by atoms with Gasteiger partial charge in [0.2, 0.25) is 0 Å². The second-order valence-electron chi connectivity index (χ2n) is 6.17. The quantitative estimate of drug-likeness (QED) is 0.879. The van der Waals surface area contributed by atoms with Crippen molar-refractivity contribution in [2.24, 2.45) is 5.41 Å². The maximum Gasteiger partial charge on any atom is 0.0703 e. The first-order valence-electron chi connectivity index (χ1n) is 6.66. The van der Waals surface area contributed by atoms with Crippen molar-refractivity contribution >= 4 is 11.3 Å². The van der Waals surface area contributed by atoms with Crippen molar-refractivity contribution in [1.82, 2.24) is 5.32 Å². The zero-order chi connectivity index (χ0) is 13.2. The molecule has 0 amide bonds. The molecule has 0 aromatic carbocycles. The minimum absolute atomic E-state index is 0.0689. The molecule has 2 nitrogen and oxygen atoms in total. The minimum atomic E-state index is -0.0689. The molecule has 1 aliphatic carbocycles. The van der Waals surface area contributed by atoms with Crippen LogP contribution in [-0.2, 0) is 5.41 Å². The van der Waals surface area contributed by atoms with Gasteiger partial charge >= 0.3 is 0 Å². The summed E-state index contributed by atoms with van der Waals surface area (Å²) in [4.78, 5) is 1.45. The number of hydrogen-bond acceptors (Lipinski definition) is 3. The Morgan fingerprint density at radius 3 is 2.67 bits per heavy atom. The smallest absolute Gasteiger partial charge is 0.0703 e. The Balaban J connectivity index is 1.90. The van der Waals surface area contributed by atoms with Gasteiger partial charge in [-0.1, -0.05) is 20.3 Å². The summed E-state index contributed by atoms with van der Waals surface area (Å²) in [6.45, 7) is 8.52. The van der Waals surface area contributed by atoms with Crippen LogP contribution in [0.2, 0.25) is 0 Å². The van der Waals surface area contributed by atoms with E-state index in [1.54, 1.807) is 0 Å². The topological polar surface area (TPSA) is 35.8 Å². The Morgan fingerprint density at radius 1 is 1.50 bits per heavy atom. The third-order valence-electron chi connectivity index (χ3n) is 4.05. The average molecular weight is 262 g/mol. The zero-order valence-electron chi connectivity index (χ0n) is 11.5. The van der Waals surface area contributed by atoms with Gasteiger partial charge in [0.25, 0.3) is 0 Å². The predicted molar refractivity (Wildman–Crippen MR) is 76.8 cm³/mol. The fourth-order valence-electron chi connectivity index (χ4n) is 2.69. The number of nitriles is 1. The number of rotatable bonds is 5. The van der Waals surface area contributed by atoms with Gasteiger partial charge in [-0.3, -0.25) is 0 Å². The van der Waals surface area contributed by atoms with Gasteiger partial charge in [-0.25, -0.2) is 0 Å². The highest BCUT2D eigenvalue weighted by Gasteiger charge is 2.37. The molecule has 0 saturated heterocycles. The SMILES string of the molecule is Cc1ccsc1C(C)(C)CNCC1(C#N)CCC1. The van der Waals surface area contributed by atoms with Crippen LogP contribution in [0.15, 0.2) is 11.4 Å². The van der Waals surface area contributed by atoms with E-state index in [1.165, 1.54) is 16.9 Å². The number of thiophene rings is 1. The lowest BCUT2D eigenvalue weighted by Crippen LogP contribution is -2.42. The molecule has 1 fully saturated rings. The molecule has 18 heavy (non-hydrogen) atoms. The van der Waals surface area contributed by atoms with Crippen LogP contribution in [0.5, 0.6) is 0 Å². The Labute approximate surface area is 114 Å². The second-order valence-corrected chi connectivity index (χ2v) is 7.08. The Bertz CT molecular complexity index is 449. The zero-order valence-corrected chi connectivity index (χ0v) is 12.4. The third-order valence-corrected chi connectivity index (χ3v) is 5.44. The van der Waals surface area contributed by atoms with Gasteiger partial charge in [-0.05, 0) is 36.8 Å². The van der Waals surface area contributed by atoms with E-state index in [-0.39, 0.29) is 10.8 Å². The van der Waals surface area contributed by atoms with Crippen molar-refractivity contribution in [3.63, 3.8) is 0 Å². The number of nitrogens with one attached hydrogen (secondary N) is 1. The van der Waals surface area contributed by atoms with E-state index in [0.717, 1.165) is 25.9 Å². The molecule has 0 spiro atoms. The van der Waals surface area contributed by atoms with Gasteiger partial charge < -0.3 is 5.32 Å². The lowest BCUT2D eigenvalue weighted by atomic mass is 9.70. The fraction of sp³-hybridized carbons (Fsp3) is 0.667. The van der Waals surface area contributed by atoms with Crippen LogP contribution in [-0.4, -0.2) is 13.1 Å². The molecule has 0 atom stereocenters. The van der Waals surface area contributed by atoms with Crippen LogP contribution in [0, 0.1) is 23.7 Å². The molecule has 3 heteroatoms. The number of nitrogens with zero attached hydrogens (tertiary/aromatic N) is 1. The molecule has 1 saturated carbocycles. The first kappa shape index (κ1) is 13.6. The van der Waals surface area contributed by atoms with Crippen molar-refractivity contribution in [1.29, 1.82) is 5.26 Å². The Kier molecular flexibility index (Phi) is 3.79. The molecular formula is C15H22N2S. The standard InChI is InChI=1S/C15H22N2S/c1-12-5-8-18-13(12)14(2,3)10-17-11-15(9-16)6-4-7-15/h5,8,17H,4,6-7,10-11H2,1-3H3. The highest BCUT2D eigenvalue weighted by Crippen LogP contribution is 2.39. The highest BCUT2D eigenvalue weighted by atomic mass is 32.1. The molecule has 1 aromatic rings. The van der Waals surface area contributed by atoms with Crippen LogP contribution in [0.25, 0.3) is 0 Å². The summed E-state index contributed by atoms with van der Waals surface area (Å²) in [6, 6.07) is 4.67. The molecule has 0 radical (unpaired) electrons. The van der Waals surface area contributed by atoms with Crippen molar-refractivity contribution in [3.05, 3.63) is 21.9 Å². The van der Waals surface area contributed by atoms with Crippen molar-refractivity contribution in [3.8, 4) is 6.07 Å². The van der Waals surface area contributed by atoms with Crippen LogP contribution < -0.4 is 5.32 Å². The lowest BCUT2D eigenvalue weighted by molar-refractivity contribution is 0.203. The number of hydrogen-bond donors (Lipinski definition) is 1. The second kappa shape index (κ2) is 5.03. The first-order valence-corrected chi connectivity index (χ1v) is 7.54. The van der Waals surface area contributed by atoms with Gasteiger partial charge in [0, 0.05) is 23.4 Å². The molecule has 0 aliphatic heterocycles. The first-order chi connectivity index (χ1) is 8.49. The van der Waals surface area contributed by atoms with Gasteiger partial charge in [0.05, 0.1) is 11.5 Å². The van der Waals surface area contributed by atoms with Crippen LogP contribution >= 0.6 is 11.3 Å². The predicted octanol–water partition coefficient (Wildman–Crippen LogP) is 3.62. The maximum absolute atomic E-state index is 9.21. The molecule has 2 rings (SSSR count). The summed E-state index contributed by atoms with van der Waals surface area (Å²) in [5.74, 6) is 0. The van der Waals surface area contributed by atoms with E-state index >= 15 is 0 Å². The molecular weight excluding hydrogens is 240 g/mol. The van der Waals surface area contributed by atoms with E-state index in [9.17, 15) is 5.26 Å². The average Bonchev–Trinajstić information content (AvgIpc) is 2.69. The minimum Gasteiger partial charge on any atom is -0.314 e. The van der Waals surface area contributed by atoms with E-state index in [2.05, 4.69) is 43.6 Å². The largest absolute Gasteiger partial charge is 0.314 e.